The van der Waals surface area contributed by atoms with Gasteiger partial charge < -0.3 is 9.73 Å². The molecule has 3 aromatic carbocycles. The van der Waals surface area contributed by atoms with Gasteiger partial charge in [-0.1, -0.05) is 47.5 Å². The van der Waals surface area contributed by atoms with Gasteiger partial charge in [0, 0.05) is 16.1 Å². The minimum absolute atomic E-state index is 0.251. The van der Waals surface area contributed by atoms with Gasteiger partial charge in [-0.2, -0.15) is 0 Å². The Morgan fingerprint density at radius 3 is 2.50 bits per heavy atom. The van der Waals surface area contributed by atoms with E-state index in [2.05, 4.69) is 10.3 Å². The summed E-state index contributed by atoms with van der Waals surface area (Å²) in [4.78, 5) is 17.8. The Hall–Kier alpha value is -3.37. The second kappa shape index (κ2) is 8.17. The van der Waals surface area contributed by atoms with E-state index in [-0.39, 0.29) is 11.5 Å². The highest BCUT2D eigenvalue weighted by atomic mass is 35.5. The molecule has 4 rings (SSSR count). The molecular weight excluding hydrogens is 396 g/mol. The van der Waals surface area contributed by atoms with Crippen molar-refractivity contribution in [1.82, 2.24) is 0 Å². The van der Waals surface area contributed by atoms with Crippen molar-refractivity contribution in [1.29, 1.82) is 0 Å². The van der Waals surface area contributed by atoms with E-state index in [1.807, 2.05) is 81.4 Å². The SMILES string of the molecule is Cc1ccc(NC(=O)c2cc3ccccc3oc2=Nc2ccc(Cl)cc2C)c(C)c1. The van der Waals surface area contributed by atoms with E-state index in [1.54, 1.807) is 6.07 Å². The summed E-state index contributed by atoms with van der Waals surface area (Å²) in [6.45, 7) is 5.91. The van der Waals surface area contributed by atoms with Gasteiger partial charge in [0.2, 0.25) is 5.55 Å². The van der Waals surface area contributed by atoms with Gasteiger partial charge in [-0.05, 0) is 68.3 Å². The molecule has 0 saturated heterocycles. The van der Waals surface area contributed by atoms with Crippen molar-refractivity contribution < 1.29 is 9.21 Å². The number of aryl methyl sites for hydroxylation is 3. The Morgan fingerprint density at radius 2 is 1.73 bits per heavy atom. The lowest BCUT2D eigenvalue weighted by molar-refractivity contribution is 0.102. The molecule has 1 amide bonds. The second-order valence-electron chi connectivity index (χ2n) is 7.32. The van der Waals surface area contributed by atoms with E-state index in [1.165, 1.54) is 0 Å². The van der Waals surface area contributed by atoms with Gasteiger partial charge in [0.1, 0.15) is 11.1 Å². The topological polar surface area (TPSA) is 54.6 Å². The van der Waals surface area contributed by atoms with Crippen LogP contribution in [0, 0.1) is 20.8 Å². The number of amides is 1. The lowest BCUT2D eigenvalue weighted by Crippen LogP contribution is -2.22. The largest absolute Gasteiger partial charge is 0.438 e. The van der Waals surface area contributed by atoms with Crippen molar-refractivity contribution in [3.8, 4) is 0 Å². The number of carbonyl (C=O) groups excluding carboxylic acids is 1. The Bertz CT molecular complexity index is 1340. The first-order valence-electron chi connectivity index (χ1n) is 9.63. The summed E-state index contributed by atoms with van der Waals surface area (Å²) in [5.41, 5.74) is 5.75. The zero-order valence-corrected chi connectivity index (χ0v) is 17.7. The summed E-state index contributed by atoms with van der Waals surface area (Å²) in [5, 5.41) is 4.45. The maximum Gasteiger partial charge on any atom is 0.261 e. The molecule has 4 aromatic rings. The third kappa shape index (κ3) is 4.14. The van der Waals surface area contributed by atoms with E-state index in [4.69, 9.17) is 16.0 Å². The van der Waals surface area contributed by atoms with Crippen LogP contribution in [0.25, 0.3) is 11.0 Å². The minimum atomic E-state index is -0.276. The number of para-hydroxylation sites is 1. The molecule has 0 aliphatic heterocycles. The monoisotopic (exact) mass is 416 g/mol. The summed E-state index contributed by atoms with van der Waals surface area (Å²) in [5.74, 6) is -0.276. The van der Waals surface area contributed by atoms with E-state index in [0.29, 0.717) is 21.9 Å². The highest BCUT2D eigenvalue weighted by molar-refractivity contribution is 6.30. The number of anilines is 1. The summed E-state index contributed by atoms with van der Waals surface area (Å²) in [7, 11) is 0. The van der Waals surface area contributed by atoms with Crippen molar-refractivity contribution in [2.45, 2.75) is 20.8 Å². The number of nitrogens with one attached hydrogen (secondary N) is 1. The molecule has 0 atom stereocenters. The van der Waals surface area contributed by atoms with Crippen LogP contribution in [-0.2, 0) is 0 Å². The average Bonchev–Trinajstić information content (AvgIpc) is 2.71. The maximum absolute atomic E-state index is 13.2. The molecule has 0 fully saturated rings. The van der Waals surface area contributed by atoms with Gasteiger partial charge in [0.15, 0.2) is 0 Å². The smallest absolute Gasteiger partial charge is 0.261 e. The van der Waals surface area contributed by atoms with E-state index in [0.717, 1.165) is 27.8 Å². The number of hydrogen-bond acceptors (Lipinski definition) is 3. The first-order valence-corrected chi connectivity index (χ1v) is 10.0. The van der Waals surface area contributed by atoms with E-state index < -0.39 is 0 Å². The van der Waals surface area contributed by atoms with Gasteiger partial charge >= 0.3 is 0 Å². The molecule has 0 aliphatic carbocycles. The fourth-order valence-electron chi connectivity index (χ4n) is 3.31. The molecule has 0 aliphatic rings. The summed E-state index contributed by atoms with van der Waals surface area (Å²) in [6.07, 6.45) is 0. The fourth-order valence-corrected chi connectivity index (χ4v) is 3.54. The molecule has 5 heteroatoms. The molecule has 0 radical (unpaired) electrons. The van der Waals surface area contributed by atoms with E-state index >= 15 is 0 Å². The highest BCUT2D eigenvalue weighted by Gasteiger charge is 2.14. The van der Waals surface area contributed by atoms with Crippen LogP contribution in [0.3, 0.4) is 0 Å². The zero-order valence-electron chi connectivity index (χ0n) is 17.0. The van der Waals surface area contributed by atoms with Crippen LogP contribution in [-0.4, -0.2) is 5.91 Å². The van der Waals surface area contributed by atoms with Crippen LogP contribution in [0.15, 0.2) is 76.1 Å². The van der Waals surface area contributed by atoms with Crippen LogP contribution < -0.4 is 10.9 Å². The lowest BCUT2D eigenvalue weighted by atomic mass is 10.1. The van der Waals surface area contributed by atoms with E-state index in [9.17, 15) is 4.79 Å². The molecule has 1 N–H and O–H groups in total. The molecule has 150 valence electrons. The molecule has 1 aromatic heterocycles. The number of benzene rings is 3. The van der Waals surface area contributed by atoms with Crippen LogP contribution in [0.4, 0.5) is 11.4 Å². The molecule has 4 nitrogen and oxygen atoms in total. The zero-order chi connectivity index (χ0) is 21.3. The van der Waals surface area contributed by atoms with Gasteiger partial charge in [0.05, 0.1) is 5.69 Å². The molecule has 30 heavy (non-hydrogen) atoms. The van der Waals surface area contributed by atoms with Gasteiger partial charge in [0.25, 0.3) is 5.91 Å². The Labute approximate surface area is 179 Å². The van der Waals surface area contributed by atoms with Gasteiger partial charge in [-0.3, -0.25) is 4.79 Å². The van der Waals surface area contributed by atoms with Gasteiger partial charge in [-0.25, -0.2) is 4.99 Å². The number of carbonyl (C=O) groups is 1. The summed E-state index contributed by atoms with van der Waals surface area (Å²) in [6, 6.07) is 20.7. The predicted molar refractivity (Wildman–Crippen MR) is 121 cm³/mol. The standard InChI is InChI=1S/C25H21ClN2O2/c1-15-8-10-21(16(2)12-15)27-24(29)20-14-18-6-4-5-7-23(18)30-25(20)28-22-11-9-19(26)13-17(22)3/h4-14H,1-3H3,(H,27,29). The minimum Gasteiger partial charge on any atom is -0.438 e. The fraction of sp³-hybridized carbons (Fsp3) is 0.120. The first kappa shape index (κ1) is 19.9. The summed E-state index contributed by atoms with van der Waals surface area (Å²) < 4.78 is 6.03. The van der Waals surface area contributed by atoms with Crippen LogP contribution in [0.5, 0.6) is 0 Å². The predicted octanol–water partition coefficient (Wildman–Crippen LogP) is 6.50. The normalized spacial score (nSPS) is 11.7. The van der Waals surface area contributed by atoms with Crippen LogP contribution >= 0.6 is 11.6 Å². The van der Waals surface area contributed by atoms with Gasteiger partial charge in [-0.15, -0.1) is 0 Å². The van der Waals surface area contributed by atoms with Crippen LogP contribution in [0.2, 0.25) is 5.02 Å². The molecule has 0 bridgehead atoms. The first-order chi connectivity index (χ1) is 14.4. The molecule has 0 unspecified atom stereocenters. The molecule has 0 spiro atoms. The number of fused-ring (bicyclic) bond motifs is 1. The Kier molecular flexibility index (Phi) is 5.42. The summed E-state index contributed by atoms with van der Waals surface area (Å²) >= 11 is 6.07. The van der Waals surface area contributed by atoms with Crippen molar-refractivity contribution in [3.63, 3.8) is 0 Å². The van der Waals surface area contributed by atoms with Crippen LogP contribution in [0.1, 0.15) is 27.0 Å². The number of hydrogen-bond donors (Lipinski definition) is 1. The second-order valence-corrected chi connectivity index (χ2v) is 7.75. The quantitative estimate of drug-likeness (QED) is 0.414. The van der Waals surface area contributed by atoms with Crippen molar-refractivity contribution in [3.05, 3.63) is 99.6 Å². The third-order valence-electron chi connectivity index (χ3n) is 4.91. The lowest BCUT2D eigenvalue weighted by Gasteiger charge is -2.10. The molecule has 1 heterocycles. The average molecular weight is 417 g/mol. The molecule has 0 saturated carbocycles. The number of rotatable bonds is 3. The highest BCUT2D eigenvalue weighted by Crippen LogP contribution is 2.23. The number of halogens is 1. The molecular formula is C25H21ClN2O2. The maximum atomic E-state index is 13.2. The third-order valence-corrected chi connectivity index (χ3v) is 5.15. The van der Waals surface area contributed by atoms with Crippen molar-refractivity contribution in [2.75, 3.05) is 5.32 Å². The Balaban J connectivity index is 1.86. The number of nitrogens with zero attached hydrogens (tertiary/aromatic N) is 1. The Morgan fingerprint density at radius 1 is 0.933 bits per heavy atom. The van der Waals surface area contributed by atoms with Crippen molar-refractivity contribution in [2.24, 2.45) is 4.99 Å². The van der Waals surface area contributed by atoms with Crippen molar-refractivity contribution >= 4 is 39.9 Å².